The molecule has 1 saturated carbocycles. The molecular weight excluding hydrogens is 448 g/mol. The Kier molecular flexibility index (Phi) is 5.20. The highest BCUT2D eigenvalue weighted by molar-refractivity contribution is 5.86. The van der Waals surface area contributed by atoms with E-state index < -0.39 is 29.5 Å². The van der Waals surface area contributed by atoms with Gasteiger partial charge in [0.1, 0.15) is 11.3 Å². The Morgan fingerprint density at radius 2 is 1.61 bits per heavy atom. The van der Waals surface area contributed by atoms with Gasteiger partial charge in [0, 0.05) is 6.42 Å². The van der Waals surface area contributed by atoms with Gasteiger partial charge in [-0.1, -0.05) is 37.5 Å². The molecule has 2 N–H and O–H groups in total. The van der Waals surface area contributed by atoms with Crippen LogP contribution in [0.5, 0.6) is 0 Å². The van der Waals surface area contributed by atoms with Crippen LogP contribution in [0.25, 0.3) is 22.2 Å². The Bertz CT molecular complexity index is 1180. The fourth-order valence-corrected chi connectivity index (χ4v) is 4.96. The van der Waals surface area contributed by atoms with Crippen LogP contribution in [-0.4, -0.2) is 15.6 Å². The number of benzene rings is 2. The van der Waals surface area contributed by atoms with Gasteiger partial charge in [-0.05, 0) is 42.2 Å². The predicted molar refractivity (Wildman–Crippen MR) is 109 cm³/mol. The Morgan fingerprint density at radius 3 is 2.30 bits per heavy atom. The molecule has 10 heteroatoms. The molecule has 1 aliphatic carbocycles. The molecule has 0 radical (unpaired) electrons. The lowest BCUT2D eigenvalue weighted by Crippen LogP contribution is -2.31. The van der Waals surface area contributed by atoms with Crippen molar-refractivity contribution in [3.8, 4) is 11.1 Å². The molecule has 33 heavy (non-hydrogen) atoms. The number of imidazole rings is 1. The zero-order valence-corrected chi connectivity index (χ0v) is 17.4. The topological polar surface area (TPSA) is 49.9 Å². The molecule has 176 valence electrons. The molecular formula is C23H21F6N3O. The molecule has 1 aromatic heterocycles. The van der Waals surface area contributed by atoms with Gasteiger partial charge in [0.25, 0.3) is 0 Å². The van der Waals surface area contributed by atoms with Crippen LogP contribution in [-0.2, 0) is 17.2 Å². The number of halogens is 6. The smallest absolute Gasteiger partial charge is 0.341 e. The van der Waals surface area contributed by atoms with Gasteiger partial charge in [-0.3, -0.25) is 4.84 Å². The van der Waals surface area contributed by atoms with Crippen molar-refractivity contribution < 1.29 is 31.2 Å². The number of nitrogens with one attached hydrogen (secondary N) is 2. The average molecular weight is 469 g/mol. The number of alkyl halides is 6. The third-order valence-electron chi connectivity index (χ3n) is 6.54. The largest absolute Gasteiger partial charge is 0.418 e. The lowest BCUT2D eigenvalue weighted by Gasteiger charge is -2.30. The van der Waals surface area contributed by atoms with Gasteiger partial charge in [-0.15, -0.1) is 0 Å². The first-order valence-electron chi connectivity index (χ1n) is 10.8. The van der Waals surface area contributed by atoms with E-state index in [1.54, 1.807) is 0 Å². The molecule has 2 heterocycles. The van der Waals surface area contributed by atoms with E-state index in [4.69, 9.17) is 4.84 Å². The van der Waals surface area contributed by atoms with Gasteiger partial charge >= 0.3 is 12.4 Å². The molecule has 4 nitrogen and oxygen atoms in total. The SMILES string of the molecule is FC(F)(F)c1ccccc1-c1cc(C(F)(F)F)c2nc([C@@H]3CC4(CCCCC4)ON3)[nH]c2c1. The van der Waals surface area contributed by atoms with Crippen LogP contribution in [0.15, 0.2) is 36.4 Å². The molecule has 2 aromatic carbocycles. The van der Waals surface area contributed by atoms with Crippen LogP contribution in [0.1, 0.15) is 61.5 Å². The lowest BCUT2D eigenvalue weighted by molar-refractivity contribution is -0.137. The Hall–Kier alpha value is -2.59. The number of hydrogen-bond acceptors (Lipinski definition) is 3. The Labute approximate surface area is 185 Å². The molecule has 5 rings (SSSR count). The number of aromatic amines is 1. The first-order valence-corrected chi connectivity index (χ1v) is 10.8. The summed E-state index contributed by atoms with van der Waals surface area (Å²) in [5.74, 6) is 0.277. The zero-order chi connectivity index (χ0) is 23.4. The normalized spacial score (nSPS) is 21.2. The van der Waals surface area contributed by atoms with Gasteiger partial charge < -0.3 is 4.98 Å². The quantitative estimate of drug-likeness (QED) is 0.400. The van der Waals surface area contributed by atoms with Crippen molar-refractivity contribution in [2.45, 2.75) is 62.5 Å². The summed E-state index contributed by atoms with van der Waals surface area (Å²) in [5.41, 5.74) is -0.333. The van der Waals surface area contributed by atoms with Crippen molar-refractivity contribution in [1.82, 2.24) is 15.4 Å². The second-order valence-corrected chi connectivity index (χ2v) is 8.80. The fraction of sp³-hybridized carbons (Fsp3) is 0.435. The standard InChI is InChI=1S/C23H21F6N3O/c24-22(25,26)15-7-3-2-6-14(15)13-10-16(23(27,28)29)19-17(11-13)30-20(31-19)18-12-21(33-32-18)8-4-1-5-9-21/h2-3,6-7,10-11,18,32H,1,4-5,8-9,12H2,(H,30,31)/t18-/m0/s1. The zero-order valence-electron chi connectivity index (χ0n) is 17.4. The maximum atomic E-state index is 13.9. The number of nitrogens with zero attached hydrogens (tertiary/aromatic N) is 1. The minimum absolute atomic E-state index is 0.0261. The third-order valence-corrected chi connectivity index (χ3v) is 6.54. The number of H-pyrrole nitrogens is 1. The first kappa shape index (κ1) is 22.2. The van der Waals surface area contributed by atoms with Gasteiger partial charge in [0.15, 0.2) is 0 Å². The Morgan fingerprint density at radius 1 is 0.909 bits per heavy atom. The molecule has 0 amide bonds. The molecule has 2 fully saturated rings. The number of aromatic nitrogens is 2. The fourth-order valence-electron chi connectivity index (χ4n) is 4.96. The average Bonchev–Trinajstić information content (AvgIpc) is 3.36. The summed E-state index contributed by atoms with van der Waals surface area (Å²) in [4.78, 5) is 12.9. The van der Waals surface area contributed by atoms with E-state index in [0.717, 1.165) is 44.2 Å². The highest BCUT2D eigenvalue weighted by Crippen LogP contribution is 2.44. The number of hydrogen-bond donors (Lipinski definition) is 2. The summed E-state index contributed by atoms with van der Waals surface area (Å²) in [7, 11) is 0. The van der Waals surface area contributed by atoms with E-state index in [9.17, 15) is 26.3 Å². The summed E-state index contributed by atoms with van der Waals surface area (Å²) in [6.07, 6.45) is -4.04. The highest BCUT2D eigenvalue weighted by Gasteiger charge is 2.43. The maximum Gasteiger partial charge on any atom is 0.418 e. The van der Waals surface area contributed by atoms with Crippen LogP contribution in [0, 0.1) is 0 Å². The van der Waals surface area contributed by atoms with Crippen LogP contribution in [0.2, 0.25) is 0 Å². The lowest BCUT2D eigenvalue weighted by atomic mass is 9.81. The van der Waals surface area contributed by atoms with Crippen molar-refractivity contribution in [3.63, 3.8) is 0 Å². The summed E-state index contributed by atoms with van der Waals surface area (Å²) >= 11 is 0. The summed E-state index contributed by atoms with van der Waals surface area (Å²) < 4.78 is 82.2. The van der Waals surface area contributed by atoms with Crippen LogP contribution in [0.3, 0.4) is 0 Å². The van der Waals surface area contributed by atoms with Gasteiger partial charge in [0.05, 0.1) is 28.3 Å². The summed E-state index contributed by atoms with van der Waals surface area (Å²) in [5, 5.41) is 0. The number of fused-ring (bicyclic) bond motifs is 1. The van der Waals surface area contributed by atoms with Crippen LogP contribution < -0.4 is 5.48 Å². The second-order valence-electron chi connectivity index (χ2n) is 8.80. The minimum Gasteiger partial charge on any atom is -0.341 e. The van der Waals surface area contributed by atoms with Gasteiger partial charge in [0.2, 0.25) is 0 Å². The van der Waals surface area contributed by atoms with Crippen molar-refractivity contribution >= 4 is 11.0 Å². The van der Waals surface area contributed by atoms with Crippen molar-refractivity contribution in [2.24, 2.45) is 0 Å². The van der Waals surface area contributed by atoms with E-state index in [2.05, 4.69) is 15.4 Å². The second kappa shape index (κ2) is 7.73. The van der Waals surface area contributed by atoms with Crippen molar-refractivity contribution in [2.75, 3.05) is 0 Å². The monoisotopic (exact) mass is 469 g/mol. The molecule has 1 atom stereocenters. The van der Waals surface area contributed by atoms with Gasteiger partial charge in [-0.25, -0.2) is 4.98 Å². The highest BCUT2D eigenvalue weighted by atomic mass is 19.4. The van der Waals surface area contributed by atoms with E-state index in [1.165, 1.54) is 24.3 Å². The summed E-state index contributed by atoms with van der Waals surface area (Å²) in [6, 6.07) is 6.19. The maximum absolute atomic E-state index is 13.9. The third kappa shape index (κ3) is 4.10. The molecule has 1 spiro atoms. The van der Waals surface area contributed by atoms with Crippen molar-refractivity contribution in [3.05, 3.63) is 53.3 Å². The molecule has 3 aromatic rings. The number of rotatable bonds is 2. The molecule has 0 unspecified atom stereocenters. The minimum atomic E-state index is -4.79. The van der Waals surface area contributed by atoms with Crippen molar-refractivity contribution in [1.29, 1.82) is 0 Å². The molecule has 0 bridgehead atoms. The van der Waals surface area contributed by atoms with Crippen LogP contribution in [0.4, 0.5) is 26.3 Å². The summed E-state index contributed by atoms with van der Waals surface area (Å²) in [6.45, 7) is 0. The van der Waals surface area contributed by atoms with Gasteiger partial charge in [-0.2, -0.15) is 31.8 Å². The Balaban J connectivity index is 1.60. The van der Waals surface area contributed by atoms with Crippen LogP contribution >= 0.6 is 0 Å². The molecule has 1 saturated heterocycles. The molecule has 2 aliphatic rings. The number of hydroxylamine groups is 1. The molecule has 1 aliphatic heterocycles. The first-order chi connectivity index (χ1) is 15.6. The van der Waals surface area contributed by atoms with E-state index >= 15 is 0 Å². The van der Waals surface area contributed by atoms with E-state index in [1.807, 2.05) is 0 Å². The van der Waals surface area contributed by atoms with E-state index in [0.29, 0.717) is 6.42 Å². The predicted octanol–water partition coefficient (Wildman–Crippen LogP) is 6.94. The van der Waals surface area contributed by atoms with E-state index in [-0.39, 0.29) is 33.6 Å².